The molecule has 1 aromatic heterocycles. The molecular weight excluding hydrogens is 613 g/mol. The van der Waals surface area contributed by atoms with Crippen molar-refractivity contribution >= 4 is 16.8 Å². The Bertz CT molecular complexity index is 1750. The average molecular weight is 677 g/mol. The van der Waals surface area contributed by atoms with Crippen molar-refractivity contribution in [2.24, 2.45) is 51.2 Å². The Hall–Kier alpha value is -2.55. The monoisotopic (exact) mass is 677 g/mol. The molecule has 1 aliphatic heterocycles. The first-order valence-corrected chi connectivity index (χ1v) is 20.2. The SMILES string of the molecule is C[C@H]1[C@H](C)CC[C@]2(C(=O)NCC#CCN3CCN(C)CC3)CC[C@]3(C)C(=CC[C@@H]4[C@@]5(C)Cc6c([nH]c7ccccc67)C(C)(C)[C@@H]5CC[C@]43C)[C@H]12. The lowest BCUT2D eigenvalue weighted by molar-refractivity contribution is -0.169. The van der Waals surface area contributed by atoms with Crippen LogP contribution < -0.4 is 5.32 Å². The van der Waals surface area contributed by atoms with Crippen LogP contribution in [0.3, 0.4) is 0 Å². The second-order valence-corrected chi connectivity index (χ2v) is 19.3. The number of amides is 1. The Labute approximate surface area is 302 Å². The number of piperazine rings is 1. The van der Waals surface area contributed by atoms with Gasteiger partial charge in [-0.3, -0.25) is 9.69 Å². The molecule has 8 rings (SSSR count). The minimum Gasteiger partial charge on any atom is -0.358 e. The molecule has 0 radical (unpaired) electrons. The van der Waals surface area contributed by atoms with Crippen molar-refractivity contribution < 1.29 is 4.79 Å². The molecule has 270 valence electrons. The number of hydrogen-bond acceptors (Lipinski definition) is 3. The van der Waals surface area contributed by atoms with Crippen LogP contribution in [0.1, 0.15) is 105 Å². The molecule has 0 unspecified atom stereocenters. The molecule has 1 saturated heterocycles. The molecule has 3 saturated carbocycles. The van der Waals surface area contributed by atoms with Crippen LogP contribution in [0.2, 0.25) is 0 Å². The normalized spacial score (nSPS) is 41.0. The van der Waals surface area contributed by atoms with Gasteiger partial charge in [-0.2, -0.15) is 0 Å². The van der Waals surface area contributed by atoms with E-state index in [1.807, 2.05) is 0 Å². The number of fused-ring (bicyclic) bond motifs is 10. The zero-order chi connectivity index (χ0) is 35.3. The highest BCUT2D eigenvalue weighted by Crippen LogP contribution is 2.75. The van der Waals surface area contributed by atoms with Gasteiger partial charge < -0.3 is 15.2 Å². The molecule has 6 aliphatic rings. The predicted molar refractivity (Wildman–Crippen MR) is 206 cm³/mol. The third kappa shape index (κ3) is 4.82. The molecule has 9 atom stereocenters. The molecule has 1 amide bonds. The zero-order valence-electron chi connectivity index (χ0n) is 32.5. The van der Waals surface area contributed by atoms with Crippen LogP contribution >= 0.6 is 0 Å². The lowest BCUT2D eigenvalue weighted by atomic mass is 9.33. The van der Waals surface area contributed by atoms with Crippen LogP contribution in [-0.4, -0.2) is 67.0 Å². The van der Waals surface area contributed by atoms with Gasteiger partial charge in [-0.05, 0) is 116 Å². The van der Waals surface area contributed by atoms with Crippen LogP contribution in [0, 0.1) is 63.1 Å². The third-order valence-corrected chi connectivity index (χ3v) is 17.0. The van der Waals surface area contributed by atoms with Crippen molar-refractivity contribution in [3.8, 4) is 11.8 Å². The van der Waals surface area contributed by atoms with Gasteiger partial charge in [0.25, 0.3) is 0 Å². The van der Waals surface area contributed by atoms with E-state index in [1.165, 1.54) is 35.9 Å². The first-order valence-electron chi connectivity index (χ1n) is 20.2. The average Bonchev–Trinajstić information content (AvgIpc) is 3.46. The number of H-pyrrole nitrogens is 1. The maximum Gasteiger partial charge on any atom is 0.227 e. The van der Waals surface area contributed by atoms with E-state index >= 15 is 0 Å². The lowest BCUT2D eigenvalue weighted by Gasteiger charge is -2.71. The number of aromatic amines is 1. The van der Waals surface area contributed by atoms with Crippen LogP contribution in [0.15, 0.2) is 35.9 Å². The summed E-state index contributed by atoms with van der Waals surface area (Å²) in [5, 5.41) is 4.83. The first-order chi connectivity index (χ1) is 23.8. The van der Waals surface area contributed by atoms with Crippen LogP contribution in [0.4, 0.5) is 0 Å². The Morgan fingerprint density at radius 2 is 1.70 bits per heavy atom. The van der Waals surface area contributed by atoms with Crippen molar-refractivity contribution in [2.75, 3.05) is 46.3 Å². The fourth-order valence-corrected chi connectivity index (χ4v) is 13.7. The van der Waals surface area contributed by atoms with Gasteiger partial charge in [0.15, 0.2) is 0 Å². The number of allylic oxidation sites excluding steroid dienone is 2. The van der Waals surface area contributed by atoms with E-state index in [0.717, 1.165) is 64.8 Å². The van der Waals surface area contributed by atoms with Gasteiger partial charge in [-0.15, -0.1) is 0 Å². The highest BCUT2D eigenvalue weighted by Gasteiger charge is 2.69. The minimum atomic E-state index is -0.313. The number of para-hydroxylation sites is 1. The van der Waals surface area contributed by atoms with Gasteiger partial charge >= 0.3 is 0 Å². The molecular formula is C45H64N4O. The van der Waals surface area contributed by atoms with Crippen molar-refractivity contribution in [1.82, 2.24) is 20.1 Å². The summed E-state index contributed by atoms with van der Waals surface area (Å²) in [5.41, 5.74) is 6.36. The van der Waals surface area contributed by atoms with Gasteiger partial charge in [0, 0.05) is 48.2 Å². The molecule has 0 bridgehead atoms. The van der Waals surface area contributed by atoms with Crippen LogP contribution in [0.25, 0.3) is 10.9 Å². The van der Waals surface area contributed by atoms with Crippen molar-refractivity contribution in [1.29, 1.82) is 0 Å². The first kappa shape index (κ1) is 34.5. The van der Waals surface area contributed by atoms with E-state index in [9.17, 15) is 4.79 Å². The second kappa shape index (κ2) is 12.0. The predicted octanol–water partition coefficient (Wildman–Crippen LogP) is 8.21. The number of nitrogens with one attached hydrogen (secondary N) is 2. The molecule has 1 aromatic carbocycles. The summed E-state index contributed by atoms with van der Waals surface area (Å²) in [6, 6.07) is 9.02. The van der Waals surface area contributed by atoms with Crippen LogP contribution in [0.5, 0.6) is 0 Å². The van der Waals surface area contributed by atoms with Gasteiger partial charge in [-0.1, -0.05) is 90.2 Å². The van der Waals surface area contributed by atoms with E-state index in [1.54, 1.807) is 11.1 Å². The molecule has 2 aromatic rings. The van der Waals surface area contributed by atoms with E-state index < -0.39 is 0 Å². The highest BCUT2D eigenvalue weighted by atomic mass is 16.2. The largest absolute Gasteiger partial charge is 0.358 e. The summed E-state index contributed by atoms with van der Waals surface area (Å²) >= 11 is 0. The van der Waals surface area contributed by atoms with Crippen LogP contribution in [-0.2, 0) is 16.6 Å². The third-order valence-electron chi connectivity index (χ3n) is 17.0. The Morgan fingerprint density at radius 1 is 0.940 bits per heavy atom. The number of hydrogen-bond donors (Lipinski definition) is 2. The quantitative estimate of drug-likeness (QED) is 0.255. The van der Waals surface area contributed by atoms with Gasteiger partial charge in [0.1, 0.15) is 0 Å². The summed E-state index contributed by atoms with van der Waals surface area (Å²) in [4.78, 5) is 23.3. The fourth-order valence-electron chi connectivity index (χ4n) is 13.7. The maximum atomic E-state index is 14.5. The van der Waals surface area contributed by atoms with E-state index in [2.05, 4.69) is 118 Å². The smallest absolute Gasteiger partial charge is 0.227 e. The number of carbonyl (C=O) groups is 1. The number of aromatic nitrogens is 1. The summed E-state index contributed by atoms with van der Waals surface area (Å²) in [6.07, 6.45) is 11.9. The molecule has 2 N–H and O–H groups in total. The van der Waals surface area contributed by atoms with Gasteiger partial charge in [-0.25, -0.2) is 0 Å². The lowest BCUT2D eigenvalue weighted by Crippen LogP contribution is -2.65. The standard InChI is InChI=1S/C45H64N4O/c1-30-17-20-45(40(50)46-23-11-12-24-49-27-25-48(8)26-28-49)22-21-43(6)34(38(45)31(30)2)15-16-37-42(5)29-33-32-13-9-10-14-35(32)47-39(33)41(3,4)36(42)18-19-44(37,43)7/h9-10,13-15,30-31,36-38,47H,16-29H2,1-8H3,(H,46,50)/t30-,31+,36+,37-,38+,42+,43-,44-,45+/m1/s1. The summed E-state index contributed by atoms with van der Waals surface area (Å²) in [6.45, 7) is 23.7. The summed E-state index contributed by atoms with van der Waals surface area (Å²) in [5.74, 6) is 9.70. The number of nitrogens with zero attached hydrogens (tertiary/aromatic N) is 2. The zero-order valence-corrected chi connectivity index (χ0v) is 32.5. The van der Waals surface area contributed by atoms with E-state index in [-0.39, 0.29) is 33.0 Å². The molecule has 5 nitrogen and oxygen atoms in total. The number of carbonyl (C=O) groups excluding carboxylic acids is 1. The molecule has 0 spiro atoms. The number of likely N-dealkylation sites (N-methyl/N-ethyl adjacent to an activating group) is 1. The van der Waals surface area contributed by atoms with Crippen molar-refractivity contribution in [3.05, 3.63) is 47.2 Å². The van der Waals surface area contributed by atoms with Gasteiger partial charge in [0.05, 0.1) is 18.5 Å². The van der Waals surface area contributed by atoms with Crippen molar-refractivity contribution in [2.45, 2.75) is 105 Å². The fraction of sp³-hybridized carbons (Fsp3) is 0.711. The minimum absolute atomic E-state index is 0.105. The molecule has 4 fully saturated rings. The number of rotatable bonds is 3. The highest BCUT2D eigenvalue weighted by molar-refractivity contribution is 5.86. The Morgan fingerprint density at radius 3 is 2.48 bits per heavy atom. The van der Waals surface area contributed by atoms with E-state index in [0.29, 0.717) is 36.1 Å². The van der Waals surface area contributed by atoms with E-state index in [4.69, 9.17) is 0 Å². The number of benzene rings is 1. The van der Waals surface area contributed by atoms with Crippen molar-refractivity contribution in [3.63, 3.8) is 0 Å². The molecule has 5 heteroatoms. The van der Waals surface area contributed by atoms with Gasteiger partial charge in [0.2, 0.25) is 5.91 Å². The Kier molecular flexibility index (Phi) is 8.28. The molecule has 5 aliphatic carbocycles. The summed E-state index contributed by atoms with van der Waals surface area (Å²) in [7, 11) is 2.19. The maximum absolute atomic E-state index is 14.5. The second-order valence-electron chi connectivity index (χ2n) is 19.3. The Balaban J connectivity index is 1.09. The summed E-state index contributed by atoms with van der Waals surface area (Å²) < 4.78 is 0. The molecule has 2 heterocycles. The topological polar surface area (TPSA) is 51.4 Å². The molecule has 50 heavy (non-hydrogen) atoms.